The molecule has 0 saturated heterocycles. The normalized spacial score (nSPS) is 11.3. The molecule has 0 amide bonds. The molecule has 0 aliphatic carbocycles. The third kappa shape index (κ3) is 3.12. The summed E-state index contributed by atoms with van der Waals surface area (Å²) in [5.41, 5.74) is 6.21. The van der Waals surface area contributed by atoms with Crippen molar-refractivity contribution in [3.63, 3.8) is 0 Å². The van der Waals surface area contributed by atoms with Gasteiger partial charge in [-0.3, -0.25) is 4.72 Å². The van der Waals surface area contributed by atoms with E-state index in [-0.39, 0.29) is 20.6 Å². The predicted molar refractivity (Wildman–Crippen MR) is 78.1 cm³/mol. The van der Waals surface area contributed by atoms with Crippen molar-refractivity contribution < 1.29 is 8.42 Å². The van der Waals surface area contributed by atoms with E-state index < -0.39 is 10.0 Å². The third-order valence-electron chi connectivity index (χ3n) is 2.36. The Balaban J connectivity index is 2.43. The molecule has 7 heteroatoms. The molecule has 0 bridgehead atoms. The van der Waals surface area contributed by atoms with Crippen molar-refractivity contribution in [1.29, 1.82) is 0 Å². The number of nitrogens with one attached hydrogen (secondary N) is 1. The quantitative estimate of drug-likeness (QED) is 0.853. The second kappa shape index (κ2) is 5.28. The Bertz CT molecular complexity index is 717. The van der Waals surface area contributed by atoms with E-state index in [9.17, 15) is 8.42 Å². The van der Waals surface area contributed by atoms with E-state index in [0.717, 1.165) is 0 Å². The number of hydrogen-bond donors (Lipinski definition) is 2. The number of halogens is 2. The monoisotopic (exact) mass is 316 g/mol. The van der Waals surface area contributed by atoms with E-state index in [1.54, 1.807) is 18.2 Å². The summed E-state index contributed by atoms with van der Waals surface area (Å²) in [6.07, 6.45) is 0. The molecule has 0 heterocycles. The van der Waals surface area contributed by atoms with Crippen molar-refractivity contribution in [2.24, 2.45) is 0 Å². The summed E-state index contributed by atoms with van der Waals surface area (Å²) >= 11 is 11.8. The Morgan fingerprint density at radius 2 is 1.68 bits per heavy atom. The van der Waals surface area contributed by atoms with Crippen LogP contribution in [0.5, 0.6) is 0 Å². The lowest BCUT2D eigenvalue weighted by molar-refractivity contribution is 0.601. The summed E-state index contributed by atoms with van der Waals surface area (Å²) in [6.45, 7) is 0. The zero-order valence-electron chi connectivity index (χ0n) is 9.60. The average molecular weight is 317 g/mol. The van der Waals surface area contributed by atoms with Crippen molar-refractivity contribution in [2.75, 3.05) is 10.5 Å². The van der Waals surface area contributed by atoms with Gasteiger partial charge in [0.05, 0.1) is 15.7 Å². The minimum absolute atomic E-state index is 0.0184. The predicted octanol–water partition coefficient (Wildman–Crippen LogP) is 3.38. The highest BCUT2D eigenvalue weighted by Gasteiger charge is 2.18. The fourth-order valence-electron chi connectivity index (χ4n) is 1.48. The van der Waals surface area contributed by atoms with Crippen molar-refractivity contribution in [1.82, 2.24) is 0 Å². The maximum atomic E-state index is 12.2. The highest BCUT2D eigenvalue weighted by molar-refractivity contribution is 7.92. The van der Waals surface area contributed by atoms with E-state index >= 15 is 0 Å². The van der Waals surface area contributed by atoms with Gasteiger partial charge < -0.3 is 5.73 Å². The van der Waals surface area contributed by atoms with Crippen LogP contribution in [0.15, 0.2) is 47.4 Å². The maximum absolute atomic E-state index is 12.2. The van der Waals surface area contributed by atoms with Crippen LogP contribution in [0.1, 0.15) is 0 Å². The highest BCUT2D eigenvalue weighted by Crippen LogP contribution is 2.28. The first kappa shape index (κ1) is 14.0. The van der Waals surface area contributed by atoms with Crippen LogP contribution >= 0.6 is 23.2 Å². The molecule has 100 valence electrons. The minimum atomic E-state index is -3.81. The Labute approximate surface area is 121 Å². The summed E-state index contributed by atoms with van der Waals surface area (Å²) in [7, 11) is -3.81. The van der Waals surface area contributed by atoms with Crippen LogP contribution in [-0.4, -0.2) is 8.42 Å². The Hall–Kier alpha value is -1.43. The number of anilines is 2. The number of nitrogen functional groups attached to an aromatic ring is 1. The average Bonchev–Trinajstić information content (AvgIpc) is 2.34. The minimum Gasteiger partial charge on any atom is -0.399 e. The molecule has 4 nitrogen and oxygen atoms in total. The van der Waals surface area contributed by atoms with Gasteiger partial charge in [0.1, 0.15) is 4.90 Å². The maximum Gasteiger partial charge on any atom is 0.263 e. The zero-order valence-corrected chi connectivity index (χ0v) is 11.9. The van der Waals surface area contributed by atoms with Crippen LogP contribution in [-0.2, 0) is 10.0 Å². The first-order valence-corrected chi connectivity index (χ1v) is 7.46. The summed E-state index contributed by atoms with van der Waals surface area (Å²) < 4.78 is 26.7. The van der Waals surface area contributed by atoms with E-state index in [1.807, 2.05) is 0 Å². The molecular formula is C12H10Cl2N2O2S. The van der Waals surface area contributed by atoms with E-state index in [0.29, 0.717) is 5.69 Å². The summed E-state index contributed by atoms with van der Waals surface area (Å²) in [5.74, 6) is 0. The Morgan fingerprint density at radius 1 is 1.00 bits per heavy atom. The van der Waals surface area contributed by atoms with Crippen molar-refractivity contribution in [3.8, 4) is 0 Å². The molecule has 3 N–H and O–H groups in total. The van der Waals surface area contributed by atoms with Gasteiger partial charge in [0.2, 0.25) is 0 Å². The molecule has 19 heavy (non-hydrogen) atoms. The van der Waals surface area contributed by atoms with Crippen molar-refractivity contribution in [3.05, 3.63) is 52.5 Å². The number of hydrogen-bond acceptors (Lipinski definition) is 3. The van der Waals surface area contributed by atoms with Gasteiger partial charge in [0, 0.05) is 5.69 Å². The lowest BCUT2D eigenvalue weighted by atomic mass is 10.3. The molecule has 0 aliphatic rings. The van der Waals surface area contributed by atoms with Gasteiger partial charge in [-0.1, -0.05) is 35.3 Å². The van der Waals surface area contributed by atoms with Gasteiger partial charge >= 0.3 is 0 Å². The van der Waals surface area contributed by atoms with E-state index in [2.05, 4.69) is 4.72 Å². The third-order valence-corrected chi connectivity index (χ3v) is 4.56. The molecule has 0 unspecified atom stereocenters. The standard InChI is InChI=1S/C12H10Cl2N2O2S/c13-9-6-5-8(15)7-11(9)16-19(17,18)12-4-2-1-3-10(12)14/h1-7,16H,15H2. The molecule has 0 atom stereocenters. The molecule has 0 spiro atoms. The van der Waals surface area contributed by atoms with Gasteiger partial charge in [-0.05, 0) is 30.3 Å². The van der Waals surface area contributed by atoms with E-state index in [4.69, 9.17) is 28.9 Å². The van der Waals surface area contributed by atoms with Crippen LogP contribution in [0.2, 0.25) is 10.0 Å². The van der Waals surface area contributed by atoms with Crippen molar-refractivity contribution >= 4 is 44.6 Å². The topological polar surface area (TPSA) is 72.2 Å². The molecular weight excluding hydrogens is 307 g/mol. The van der Waals surface area contributed by atoms with E-state index in [1.165, 1.54) is 24.3 Å². The molecule has 0 saturated carbocycles. The molecule has 0 radical (unpaired) electrons. The van der Waals surface area contributed by atoms with Gasteiger partial charge in [-0.25, -0.2) is 8.42 Å². The Kier molecular flexibility index (Phi) is 3.89. The molecule has 0 aliphatic heterocycles. The van der Waals surface area contributed by atoms with Crippen LogP contribution in [0.4, 0.5) is 11.4 Å². The SMILES string of the molecule is Nc1ccc(Cl)c(NS(=O)(=O)c2ccccc2Cl)c1. The zero-order chi connectivity index (χ0) is 14.0. The fraction of sp³-hybridized carbons (Fsp3) is 0. The molecule has 2 aromatic rings. The Morgan fingerprint density at radius 3 is 2.37 bits per heavy atom. The largest absolute Gasteiger partial charge is 0.399 e. The van der Waals surface area contributed by atoms with Crippen LogP contribution in [0, 0.1) is 0 Å². The molecule has 0 fully saturated rings. The number of benzene rings is 2. The van der Waals surface area contributed by atoms with Gasteiger partial charge in [0.25, 0.3) is 10.0 Å². The van der Waals surface area contributed by atoms with Gasteiger partial charge in [-0.15, -0.1) is 0 Å². The first-order valence-electron chi connectivity index (χ1n) is 5.22. The second-order valence-electron chi connectivity index (χ2n) is 3.78. The lowest BCUT2D eigenvalue weighted by Crippen LogP contribution is -2.13. The molecule has 2 aromatic carbocycles. The number of sulfonamides is 1. The molecule has 2 rings (SSSR count). The van der Waals surface area contributed by atoms with Crippen LogP contribution in [0.3, 0.4) is 0 Å². The summed E-state index contributed by atoms with van der Waals surface area (Å²) in [5, 5.41) is 0.389. The number of rotatable bonds is 3. The lowest BCUT2D eigenvalue weighted by Gasteiger charge is -2.11. The molecule has 0 aromatic heterocycles. The first-order chi connectivity index (χ1) is 8.90. The highest BCUT2D eigenvalue weighted by atomic mass is 35.5. The van der Waals surface area contributed by atoms with Crippen LogP contribution in [0.25, 0.3) is 0 Å². The van der Waals surface area contributed by atoms with Gasteiger partial charge in [0.15, 0.2) is 0 Å². The summed E-state index contributed by atoms with van der Waals surface area (Å²) in [6, 6.07) is 10.7. The number of nitrogens with two attached hydrogens (primary N) is 1. The smallest absolute Gasteiger partial charge is 0.263 e. The van der Waals surface area contributed by atoms with Crippen molar-refractivity contribution in [2.45, 2.75) is 4.90 Å². The second-order valence-corrected chi connectivity index (χ2v) is 6.24. The van der Waals surface area contributed by atoms with Crippen LogP contribution < -0.4 is 10.5 Å². The fourth-order valence-corrected chi connectivity index (χ4v) is 3.30. The summed E-state index contributed by atoms with van der Waals surface area (Å²) in [4.78, 5) is -0.0184. The van der Waals surface area contributed by atoms with Gasteiger partial charge in [-0.2, -0.15) is 0 Å².